The van der Waals surface area contributed by atoms with Crippen LogP contribution in [0.2, 0.25) is 0 Å². The van der Waals surface area contributed by atoms with Gasteiger partial charge in [-0.25, -0.2) is 4.79 Å². The predicted octanol–water partition coefficient (Wildman–Crippen LogP) is 1.35. The van der Waals surface area contributed by atoms with Crippen molar-refractivity contribution in [3.63, 3.8) is 0 Å². The summed E-state index contributed by atoms with van der Waals surface area (Å²) in [5, 5.41) is 17.8. The molecule has 6 nitrogen and oxygen atoms in total. The van der Waals surface area contributed by atoms with Gasteiger partial charge in [-0.15, -0.1) is 0 Å². The molecular formula is C15H13N3O3. The molecule has 0 spiro atoms. The van der Waals surface area contributed by atoms with Crippen LogP contribution >= 0.6 is 0 Å². The van der Waals surface area contributed by atoms with E-state index in [1.807, 2.05) is 6.07 Å². The van der Waals surface area contributed by atoms with Crippen molar-refractivity contribution in [1.82, 2.24) is 9.55 Å². The van der Waals surface area contributed by atoms with Crippen LogP contribution in [0.4, 0.5) is 0 Å². The van der Waals surface area contributed by atoms with Crippen LogP contribution in [-0.4, -0.2) is 20.6 Å². The van der Waals surface area contributed by atoms with Gasteiger partial charge in [-0.1, -0.05) is 0 Å². The minimum Gasteiger partial charge on any atom is -0.481 e. The van der Waals surface area contributed by atoms with Gasteiger partial charge in [0.1, 0.15) is 0 Å². The van der Waals surface area contributed by atoms with E-state index < -0.39 is 11.7 Å². The second-order valence-electron chi connectivity index (χ2n) is 4.61. The Hall–Kier alpha value is -2.94. The van der Waals surface area contributed by atoms with E-state index in [0.29, 0.717) is 28.2 Å². The summed E-state index contributed by atoms with van der Waals surface area (Å²) in [5.41, 5.74) is 2.05. The summed E-state index contributed by atoms with van der Waals surface area (Å²) in [7, 11) is 0. The molecule has 1 aromatic carbocycles. The Kier molecular flexibility index (Phi) is 3.85. The first kappa shape index (κ1) is 14.5. The zero-order valence-electron chi connectivity index (χ0n) is 11.6. The molecule has 21 heavy (non-hydrogen) atoms. The molecule has 0 amide bonds. The molecule has 0 radical (unpaired) electrons. The topological polar surface area (TPSA) is 96.0 Å². The zero-order valence-corrected chi connectivity index (χ0v) is 11.6. The summed E-state index contributed by atoms with van der Waals surface area (Å²) in [4.78, 5) is 26.9. The Morgan fingerprint density at radius 1 is 1.33 bits per heavy atom. The van der Waals surface area contributed by atoms with E-state index in [9.17, 15) is 9.59 Å². The third-order valence-corrected chi connectivity index (χ3v) is 3.25. The van der Waals surface area contributed by atoms with Crippen LogP contribution in [0.15, 0.2) is 29.1 Å². The number of rotatable bonds is 3. The first-order valence-corrected chi connectivity index (χ1v) is 6.25. The van der Waals surface area contributed by atoms with Crippen molar-refractivity contribution >= 4 is 5.97 Å². The van der Waals surface area contributed by atoms with Crippen molar-refractivity contribution in [2.45, 2.75) is 20.3 Å². The molecule has 0 fully saturated rings. The van der Waals surface area contributed by atoms with Gasteiger partial charge in [-0.2, -0.15) is 10.2 Å². The molecule has 2 aromatic rings. The van der Waals surface area contributed by atoms with Gasteiger partial charge < -0.3 is 5.11 Å². The fourth-order valence-corrected chi connectivity index (χ4v) is 2.20. The van der Waals surface area contributed by atoms with E-state index in [-0.39, 0.29) is 6.42 Å². The number of aliphatic carboxylic acids is 1. The van der Waals surface area contributed by atoms with Crippen molar-refractivity contribution < 1.29 is 9.90 Å². The summed E-state index contributed by atoms with van der Waals surface area (Å²) in [6.45, 7) is 3.31. The third kappa shape index (κ3) is 2.82. The molecule has 0 aliphatic carbocycles. The summed E-state index contributed by atoms with van der Waals surface area (Å²) in [5.74, 6) is -0.979. The third-order valence-electron chi connectivity index (χ3n) is 3.25. The lowest BCUT2D eigenvalue weighted by atomic mass is 10.1. The second-order valence-corrected chi connectivity index (χ2v) is 4.61. The van der Waals surface area contributed by atoms with Gasteiger partial charge in [0, 0.05) is 17.0 Å². The minimum absolute atomic E-state index is 0.193. The molecular weight excluding hydrogens is 270 g/mol. The summed E-state index contributed by atoms with van der Waals surface area (Å²) >= 11 is 0. The highest BCUT2D eigenvalue weighted by Crippen LogP contribution is 2.15. The average Bonchev–Trinajstić information content (AvgIpc) is 2.44. The second kappa shape index (κ2) is 5.59. The number of hydrogen-bond donors (Lipinski definition) is 1. The van der Waals surface area contributed by atoms with Crippen molar-refractivity contribution in [2.24, 2.45) is 0 Å². The molecule has 6 heteroatoms. The number of aryl methyl sites for hydroxylation is 1. The Labute approximate surface area is 120 Å². The maximum Gasteiger partial charge on any atom is 0.352 e. The number of benzene rings is 1. The summed E-state index contributed by atoms with van der Waals surface area (Å²) < 4.78 is 1.35. The Balaban J connectivity index is 2.65. The molecule has 0 saturated carbocycles. The van der Waals surface area contributed by atoms with E-state index in [4.69, 9.17) is 10.4 Å². The molecule has 1 N–H and O–H groups in total. The first-order valence-electron chi connectivity index (χ1n) is 6.25. The van der Waals surface area contributed by atoms with Gasteiger partial charge in [-0.05, 0) is 38.1 Å². The number of nitrogens with zero attached hydrogens (tertiary/aromatic N) is 3. The number of hydrogen-bond acceptors (Lipinski definition) is 4. The number of carboxylic acids is 1. The first-order chi connectivity index (χ1) is 9.93. The van der Waals surface area contributed by atoms with Gasteiger partial charge in [0.2, 0.25) is 0 Å². The molecule has 2 rings (SSSR count). The van der Waals surface area contributed by atoms with Crippen LogP contribution in [0.1, 0.15) is 22.5 Å². The van der Waals surface area contributed by atoms with E-state index in [0.717, 1.165) is 0 Å². The number of carbonyl (C=O) groups is 1. The van der Waals surface area contributed by atoms with Crippen molar-refractivity contribution in [1.29, 1.82) is 5.26 Å². The van der Waals surface area contributed by atoms with E-state index in [1.165, 1.54) is 4.57 Å². The molecule has 1 aromatic heterocycles. The van der Waals surface area contributed by atoms with Crippen LogP contribution in [-0.2, 0) is 11.2 Å². The molecule has 0 atom stereocenters. The fraction of sp³-hybridized carbons (Fsp3) is 0.200. The van der Waals surface area contributed by atoms with E-state index in [2.05, 4.69) is 4.98 Å². The quantitative estimate of drug-likeness (QED) is 0.917. The van der Waals surface area contributed by atoms with Crippen molar-refractivity contribution in [3.05, 3.63) is 57.3 Å². The molecule has 0 aliphatic heterocycles. The Morgan fingerprint density at radius 3 is 2.48 bits per heavy atom. The van der Waals surface area contributed by atoms with Gasteiger partial charge >= 0.3 is 11.7 Å². The van der Waals surface area contributed by atoms with Gasteiger partial charge in [0.25, 0.3) is 0 Å². The lowest BCUT2D eigenvalue weighted by Gasteiger charge is -2.14. The van der Waals surface area contributed by atoms with Gasteiger partial charge in [-0.3, -0.25) is 9.36 Å². The molecule has 0 unspecified atom stereocenters. The lowest BCUT2D eigenvalue weighted by molar-refractivity contribution is -0.136. The number of carboxylic acid groups (broad SMARTS) is 1. The van der Waals surface area contributed by atoms with Gasteiger partial charge in [0.15, 0.2) is 0 Å². The maximum absolute atomic E-state index is 12.1. The minimum atomic E-state index is -0.979. The monoisotopic (exact) mass is 283 g/mol. The van der Waals surface area contributed by atoms with Crippen molar-refractivity contribution in [3.8, 4) is 11.8 Å². The van der Waals surface area contributed by atoms with Crippen LogP contribution in [0, 0.1) is 25.2 Å². The zero-order chi connectivity index (χ0) is 15.6. The normalized spacial score (nSPS) is 10.1. The highest BCUT2D eigenvalue weighted by Gasteiger charge is 2.15. The molecule has 1 heterocycles. The highest BCUT2D eigenvalue weighted by atomic mass is 16.4. The van der Waals surface area contributed by atoms with Crippen LogP contribution < -0.4 is 5.69 Å². The van der Waals surface area contributed by atoms with Gasteiger partial charge in [0.05, 0.1) is 23.7 Å². The van der Waals surface area contributed by atoms with Crippen LogP contribution in [0.5, 0.6) is 0 Å². The smallest absolute Gasteiger partial charge is 0.352 e. The lowest BCUT2D eigenvalue weighted by Crippen LogP contribution is -2.27. The molecule has 0 saturated heterocycles. The molecule has 0 bridgehead atoms. The van der Waals surface area contributed by atoms with Crippen LogP contribution in [0.25, 0.3) is 5.69 Å². The number of nitriles is 1. The van der Waals surface area contributed by atoms with Crippen molar-refractivity contribution in [2.75, 3.05) is 0 Å². The summed E-state index contributed by atoms with van der Waals surface area (Å²) in [6, 6.07) is 8.46. The summed E-state index contributed by atoms with van der Waals surface area (Å²) in [6.07, 6.45) is -0.193. The average molecular weight is 283 g/mol. The van der Waals surface area contributed by atoms with E-state index in [1.54, 1.807) is 38.1 Å². The largest absolute Gasteiger partial charge is 0.481 e. The highest BCUT2D eigenvalue weighted by molar-refractivity contribution is 5.71. The fourth-order valence-electron chi connectivity index (χ4n) is 2.20. The molecule has 0 aliphatic rings. The predicted molar refractivity (Wildman–Crippen MR) is 75.4 cm³/mol. The number of aromatic nitrogens is 2. The molecule has 106 valence electrons. The Morgan fingerprint density at radius 2 is 1.95 bits per heavy atom. The van der Waals surface area contributed by atoms with Crippen LogP contribution in [0.3, 0.4) is 0 Å². The Bertz CT molecular complexity index is 799. The van der Waals surface area contributed by atoms with E-state index >= 15 is 0 Å². The maximum atomic E-state index is 12.1. The standard InChI is InChI=1S/C15H13N3O3/c1-9-13(7-14(19)20)10(2)18(15(21)17-9)12-5-3-11(8-16)4-6-12/h3-6H,7H2,1-2H3,(H,19,20). The SMILES string of the molecule is Cc1nc(=O)n(-c2ccc(C#N)cc2)c(C)c1CC(=O)O.